The third-order valence-corrected chi connectivity index (χ3v) is 10.4. The predicted octanol–water partition coefficient (Wildman–Crippen LogP) is 7.41. The minimum atomic E-state index is -4.16. The van der Waals surface area contributed by atoms with Crippen molar-refractivity contribution in [2.75, 3.05) is 6.61 Å². The zero-order valence-electron chi connectivity index (χ0n) is 24.0. The van der Waals surface area contributed by atoms with E-state index in [1.54, 1.807) is 0 Å². The van der Waals surface area contributed by atoms with Gasteiger partial charge in [0.2, 0.25) is 0 Å². The van der Waals surface area contributed by atoms with Crippen LogP contribution in [0.1, 0.15) is 64.9 Å². The second-order valence-electron chi connectivity index (χ2n) is 10.4. The van der Waals surface area contributed by atoms with Crippen LogP contribution in [-0.4, -0.2) is 27.0 Å². The van der Waals surface area contributed by atoms with E-state index in [-0.39, 0.29) is 23.3 Å². The predicted molar refractivity (Wildman–Crippen MR) is 170 cm³/mol. The summed E-state index contributed by atoms with van der Waals surface area (Å²) in [5, 5.41) is 4.94. The highest BCUT2D eigenvalue weighted by Gasteiger charge is 2.26. The van der Waals surface area contributed by atoms with Crippen molar-refractivity contribution in [3.05, 3.63) is 98.6 Å². The van der Waals surface area contributed by atoms with Gasteiger partial charge in [-0.15, -0.1) is 22.7 Å². The van der Waals surface area contributed by atoms with Crippen LogP contribution in [0.25, 0.3) is 11.1 Å². The van der Waals surface area contributed by atoms with Gasteiger partial charge >= 0.3 is 6.09 Å². The number of amides is 2. The average Bonchev–Trinajstić information content (AvgIpc) is 3.60. The third-order valence-electron chi connectivity index (χ3n) is 6.43. The molecule has 0 atom stereocenters. The van der Waals surface area contributed by atoms with Crippen LogP contribution in [0.15, 0.2) is 76.3 Å². The van der Waals surface area contributed by atoms with Gasteiger partial charge in [0.05, 0.1) is 11.5 Å². The van der Waals surface area contributed by atoms with Gasteiger partial charge in [0.15, 0.2) is 0 Å². The van der Waals surface area contributed by atoms with Gasteiger partial charge in [-0.2, -0.15) is 0 Å². The number of carbonyl (C=O) groups excluding carboxylic acids is 2. The molecule has 7 nitrogen and oxygen atoms in total. The summed E-state index contributed by atoms with van der Waals surface area (Å²) < 4.78 is 33.8. The van der Waals surface area contributed by atoms with E-state index in [2.05, 4.69) is 23.9 Å². The maximum absolute atomic E-state index is 13.3. The van der Waals surface area contributed by atoms with E-state index in [1.165, 1.54) is 11.3 Å². The molecular weight excluding hydrogens is 589 g/mol. The average molecular weight is 625 g/mol. The van der Waals surface area contributed by atoms with Gasteiger partial charge in [0.1, 0.15) is 4.21 Å². The molecule has 0 saturated heterocycles. The second kappa shape index (κ2) is 14.6. The number of sulfonamides is 1. The first-order valence-corrected chi connectivity index (χ1v) is 17.1. The summed E-state index contributed by atoms with van der Waals surface area (Å²) >= 11 is 2.57. The number of nitrogens with one attached hydrogen (secondary N) is 2. The summed E-state index contributed by atoms with van der Waals surface area (Å²) in [5.74, 6) is 0.176. The minimum Gasteiger partial charge on any atom is -0.449 e. The van der Waals surface area contributed by atoms with E-state index in [0.29, 0.717) is 41.2 Å². The van der Waals surface area contributed by atoms with Crippen molar-refractivity contribution in [1.29, 1.82) is 0 Å². The van der Waals surface area contributed by atoms with E-state index >= 15 is 0 Å². The highest BCUT2D eigenvalue weighted by molar-refractivity contribution is 7.92. The van der Waals surface area contributed by atoms with E-state index in [9.17, 15) is 18.0 Å². The van der Waals surface area contributed by atoms with Gasteiger partial charge in [-0.25, -0.2) is 17.9 Å². The molecule has 0 radical (unpaired) electrons. The molecule has 42 heavy (non-hydrogen) atoms. The molecule has 2 aromatic heterocycles. The third kappa shape index (κ3) is 8.53. The van der Waals surface area contributed by atoms with E-state index in [1.807, 2.05) is 79.0 Å². The molecule has 2 aromatic carbocycles. The van der Waals surface area contributed by atoms with E-state index in [4.69, 9.17) is 4.74 Å². The largest absolute Gasteiger partial charge is 0.449 e. The molecule has 0 saturated carbocycles. The first-order chi connectivity index (χ1) is 20.2. The molecule has 2 heterocycles. The van der Waals surface area contributed by atoms with Crippen LogP contribution in [0.4, 0.5) is 4.79 Å². The fourth-order valence-corrected chi connectivity index (χ4v) is 8.10. The molecule has 0 aliphatic carbocycles. The highest BCUT2D eigenvalue weighted by atomic mass is 32.2. The summed E-state index contributed by atoms with van der Waals surface area (Å²) in [6, 6.07) is 21.3. The lowest BCUT2D eigenvalue weighted by molar-refractivity contribution is 0.0954. The molecule has 0 aliphatic heterocycles. The van der Waals surface area contributed by atoms with Crippen molar-refractivity contribution in [3.63, 3.8) is 0 Å². The summed E-state index contributed by atoms with van der Waals surface area (Å²) in [6.45, 7) is 6.53. The van der Waals surface area contributed by atoms with Crippen LogP contribution < -0.4 is 10.0 Å². The Morgan fingerprint density at radius 3 is 2.48 bits per heavy atom. The van der Waals surface area contributed by atoms with E-state index < -0.39 is 16.1 Å². The quantitative estimate of drug-likeness (QED) is 0.151. The molecule has 10 heteroatoms. The Hall–Kier alpha value is -3.47. The first kappa shape index (κ1) is 31.5. The van der Waals surface area contributed by atoms with Crippen LogP contribution in [0.5, 0.6) is 0 Å². The van der Waals surface area contributed by atoms with Crippen molar-refractivity contribution in [2.24, 2.45) is 5.92 Å². The Morgan fingerprint density at radius 2 is 1.74 bits per heavy atom. The van der Waals surface area contributed by atoms with Crippen molar-refractivity contribution in [3.8, 4) is 11.1 Å². The number of hydrogen-bond donors (Lipinski definition) is 2. The second-order valence-corrected chi connectivity index (χ2v) is 14.4. The van der Waals surface area contributed by atoms with Crippen LogP contribution in [0.3, 0.4) is 0 Å². The molecule has 4 aromatic rings. The fraction of sp³-hybridized carbons (Fsp3) is 0.312. The number of hydrogen-bond acceptors (Lipinski definition) is 7. The molecule has 4 rings (SSSR count). The SMILES string of the molecule is CCCCOC(=O)NS(=O)(=O)c1sc(CC(C)C)cc1-c1cccc(CNC(=O)c2sccc2Cc2ccccc2)c1. The number of ether oxygens (including phenoxy) is 1. The van der Waals surface area contributed by atoms with Gasteiger partial charge in [0.25, 0.3) is 15.9 Å². The number of thiophene rings is 2. The van der Waals surface area contributed by atoms with Crippen LogP contribution >= 0.6 is 22.7 Å². The van der Waals surface area contributed by atoms with Crippen molar-refractivity contribution < 1.29 is 22.7 Å². The number of benzene rings is 2. The number of carbonyl (C=O) groups is 2. The zero-order valence-corrected chi connectivity index (χ0v) is 26.5. The molecule has 2 amide bonds. The maximum Gasteiger partial charge on any atom is 0.421 e. The summed E-state index contributed by atoms with van der Waals surface area (Å²) in [6.07, 6.45) is 1.88. The van der Waals surface area contributed by atoms with Crippen molar-refractivity contribution in [2.45, 2.75) is 57.2 Å². The summed E-state index contributed by atoms with van der Waals surface area (Å²) in [7, 11) is -4.16. The van der Waals surface area contributed by atoms with Crippen molar-refractivity contribution in [1.82, 2.24) is 10.0 Å². The molecule has 222 valence electrons. The smallest absolute Gasteiger partial charge is 0.421 e. The molecule has 2 N–H and O–H groups in total. The Labute approximate surface area is 256 Å². The number of rotatable bonds is 13. The van der Waals surface area contributed by atoms with Crippen LogP contribution in [0, 0.1) is 5.92 Å². The fourth-order valence-electron chi connectivity index (χ4n) is 4.42. The van der Waals surface area contributed by atoms with E-state index in [0.717, 1.165) is 39.3 Å². The Balaban J connectivity index is 1.52. The van der Waals surface area contributed by atoms with Gasteiger partial charge in [-0.3, -0.25) is 4.79 Å². The minimum absolute atomic E-state index is 0.0657. The van der Waals surface area contributed by atoms with Gasteiger partial charge in [-0.1, -0.05) is 75.7 Å². The zero-order chi connectivity index (χ0) is 30.1. The Bertz CT molecular complexity index is 1610. The van der Waals surface area contributed by atoms with Crippen molar-refractivity contribution >= 4 is 44.7 Å². The topological polar surface area (TPSA) is 102 Å². The van der Waals surface area contributed by atoms with Crippen LogP contribution in [-0.2, 0) is 34.1 Å². The molecule has 0 unspecified atom stereocenters. The monoisotopic (exact) mass is 624 g/mol. The Kier molecular flexibility index (Phi) is 11.0. The van der Waals surface area contributed by atoms with Gasteiger partial charge in [0, 0.05) is 17.0 Å². The Morgan fingerprint density at radius 1 is 0.976 bits per heavy atom. The summed E-state index contributed by atoms with van der Waals surface area (Å²) in [4.78, 5) is 26.9. The molecular formula is C32H36N2O5S3. The highest BCUT2D eigenvalue weighted by Crippen LogP contribution is 2.36. The first-order valence-electron chi connectivity index (χ1n) is 14.0. The van der Waals surface area contributed by atoms with Crippen LogP contribution in [0.2, 0.25) is 0 Å². The standard InChI is InChI=1S/C32H36N2O5S3/c1-4-5-15-39-32(36)34-42(37,38)31-28(20-27(41-31)17-22(2)3)25-13-9-12-24(19-25)21-33-30(35)29-26(14-16-40-29)18-23-10-7-6-8-11-23/h6-14,16,19-20,22H,4-5,15,17-18,21H2,1-3H3,(H,33,35)(H,34,36). The van der Waals surface area contributed by atoms with Gasteiger partial charge < -0.3 is 10.1 Å². The summed E-state index contributed by atoms with van der Waals surface area (Å²) in [5.41, 5.74) is 4.15. The maximum atomic E-state index is 13.3. The normalized spacial score (nSPS) is 11.4. The molecule has 0 bridgehead atoms. The number of unbranched alkanes of at least 4 members (excludes halogenated alkanes) is 1. The lowest BCUT2D eigenvalue weighted by Gasteiger charge is -2.10. The molecule has 0 fully saturated rings. The molecule has 0 aliphatic rings. The lowest BCUT2D eigenvalue weighted by Crippen LogP contribution is -2.31. The molecule has 0 spiro atoms. The van der Waals surface area contributed by atoms with Gasteiger partial charge in [-0.05, 0) is 71.0 Å². The lowest BCUT2D eigenvalue weighted by atomic mass is 10.0.